The van der Waals surface area contributed by atoms with Crippen LogP contribution >= 0.6 is 0 Å². The molecule has 0 unspecified atom stereocenters. The van der Waals surface area contributed by atoms with E-state index in [0.717, 1.165) is 5.56 Å². The number of nitrogens with one attached hydrogen (secondary N) is 2. The molecule has 0 aliphatic heterocycles. The van der Waals surface area contributed by atoms with Crippen LogP contribution in [0.1, 0.15) is 49.5 Å². The Morgan fingerprint density at radius 1 is 1.16 bits per heavy atom. The fourth-order valence-corrected chi connectivity index (χ4v) is 2.17. The van der Waals surface area contributed by atoms with Crippen molar-refractivity contribution in [2.24, 2.45) is 0 Å². The number of benzene rings is 1. The van der Waals surface area contributed by atoms with E-state index in [1.807, 2.05) is 13.8 Å². The summed E-state index contributed by atoms with van der Waals surface area (Å²) in [5.74, 6) is 1.43. The van der Waals surface area contributed by atoms with Gasteiger partial charge in [0.15, 0.2) is 6.61 Å². The predicted molar refractivity (Wildman–Crippen MR) is 94.5 cm³/mol. The van der Waals surface area contributed by atoms with Crippen LogP contribution in [0.3, 0.4) is 0 Å². The maximum Gasteiger partial charge on any atom is 0.338 e. The van der Waals surface area contributed by atoms with Crippen LogP contribution in [-0.4, -0.2) is 29.9 Å². The van der Waals surface area contributed by atoms with Gasteiger partial charge in [0.25, 0.3) is 5.91 Å². The number of rotatable bonds is 8. The van der Waals surface area contributed by atoms with Gasteiger partial charge in [0.05, 0.1) is 5.56 Å². The molecule has 6 heteroatoms. The van der Waals surface area contributed by atoms with Crippen molar-refractivity contribution in [3.05, 3.63) is 35.4 Å². The zero-order valence-corrected chi connectivity index (χ0v) is 14.8. The van der Waals surface area contributed by atoms with Crippen LogP contribution in [0.5, 0.6) is 0 Å². The molecule has 0 aliphatic rings. The Labute approximate surface area is 148 Å². The lowest BCUT2D eigenvalue weighted by Crippen LogP contribution is -2.48. The molecule has 2 N–H and O–H groups in total. The number of ether oxygens (including phenoxy) is 1. The molecular formula is C19H24N2O4. The molecule has 0 fully saturated rings. The molecule has 0 spiro atoms. The largest absolute Gasteiger partial charge is 0.452 e. The number of carbonyl (C=O) groups is 3. The minimum atomic E-state index is -0.713. The van der Waals surface area contributed by atoms with Crippen LogP contribution in [0.2, 0.25) is 0 Å². The van der Waals surface area contributed by atoms with E-state index in [1.54, 1.807) is 24.3 Å². The highest BCUT2D eigenvalue weighted by Crippen LogP contribution is 2.13. The maximum absolute atomic E-state index is 12.0. The normalized spacial score (nSPS) is 10.5. The second kappa shape index (κ2) is 9.48. The fraction of sp³-hybridized carbons (Fsp3) is 0.421. The van der Waals surface area contributed by atoms with Gasteiger partial charge in [-0.1, -0.05) is 31.9 Å². The molecule has 0 aliphatic carbocycles. The van der Waals surface area contributed by atoms with Gasteiger partial charge in [0.2, 0.25) is 5.91 Å². The zero-order valence-electron chi connectivity index (χ0n) is 14.8. The minimum Gasteiger partial charge on any atom is -0.452 e. The molecular weight excluding hydrogens is 320 g/mol. The first kappa shape index (κ1) is 20.2. The fourth-order valence-electron chi connectivity index (χ4n) is 2.17. The van der Waals surface area contributed by atoms with E-state index in [9.17, 15) is 14.4 Å². The average Bonchev–Trinajstić information content (AvgIpc) is 2.63. The topological polar surface area (TPSA) is 84.5 Å². The van der Waals surface area contributed by atoms with Crippen LogP contribution in [0.25, 0.3) is 0 Å². The third-order valence-electron chi connectivity index (χ3n) is 3.93. The van der Waals surface area contributed by atoms with Gasteiger partial charge in [-0.15, -0.1) is 6.42 Å². The van der Waals surface area contributed by atoms with Gasteiger partial charge in [-0.2, -0.15) is 0 Å². The Hall–Kier alpha value is -2.81. The maximum atomic E-state index is 12.0. The van der Waals surface area contributed by atoms with E-state index in [2.05, 4.69) is 16.6 Å². The molecule has 1 aromatic carbocycles. The van der Waals surface area contributed by atoms with Crippen molar-refractivity contribution < 1.29 is 19.1 Å². The number of hydrogen-bond donors (Lipinski definition) is 2. The second-order valence-electron chi connectivity index (χ2n) is 5.66. The summed E-state index contributed by atoms with van der Waals surface area (Å²) in [6, 6.07) is 6.59. The highest BCUT2D eigenvalue weighted by Gasteiger charge is 2.25. The lowest BCUT2D eigenvalue weighted by atomic mass is 9.94. The first-order valence-corrected chi connectivity index (χ1v) is 8.15. The van der Waals surface area contributed by atoms with Gasteiger partial charge in [0, 0.05) is 13.5 Å². The van der Waals surface area contributed by atoms with E-state index in [0.29, 0.717) is 24.9 Å². The average molecular weight is 344 g/mol. The smallest absolute Gasteiger partial charge is 0.338 e. The Morgan fingerprint density at radius 3 is 2.24 bits per heavy atom. The molecule has 0 saturated heterocycles. The van der Waals surface area contributed by atoms with Crippen LogP contribution in [-0.2, 0) is 20.9 Å². The summed E-state index contributed by atoms with van der Waals surface area (Å²) in [6.45, 7) is 5.20. The Balaban J connectivity index is 2.55. The Morgan fingerprint density at radius 2 is 1.76 bits per heavy atom. The van der Waals surface area contributed by atoms with Crippen LogP contribution in [0.4, 0.5) is 0 Å². The van der Waals surface area contributed by atoms with Crippen molar-refractivity contribution >= 4 is 17.8 Å². The molecule has 0 saturated carbocycles. The van der Waals surface area contributed by atoms with Gasteiger partial charge >= 0.3 is 5.97 Å². The summed E-state index contributed by atoms with van der Waals surface area (Å²) in [6.07, 6.45) is 6.67. The van der Waals surface area contributed by atoms with E-state index in [1.165, 1.54) is 6.92 Å². The SMILES string of the molecule is C#CC(CC)(CC)NC(=O)COC(=O)c1ccc(CNC(C)=O)cc1. The highest BCUT2D eigenvalue weighted by atomic mass is 16.5. The summed E-state index contributed by atoms with van der Waals surface area (Å²) in [4.78, 5) is 34.8. The second-order valence-corrected chi connectivity index (χ2v) is 5.66. The molecule has 0 heterocycles. The van der Waals surface area contributed by atoms with E-state index < -0.39 is 24.0 Å². The molecule has 1 rings (SSSR count). The van der Waals surface area contributed by atoms with Crippen LogP contribution < -0.4 is 10.6 Å². The summed E-state index contributed by atoms with van der Waals surface area (Å²) in [7, 11) is 0. The van der Waals surface area contributed by atoms with Crippen molar-refractivity contribution in [1.82, 2.24) is 10.6 Å². The molecule has 6 nitrogen and oxygen atoms in total. The molecule has 1 aromatic rings. The van der Waals surface area contributed by atoms with Gasteiger partial charge in [-0.05, 0) is 30.5 Å². The lowest BCUT2D eigenvalue weighted by molar-refractivity contribution is -0.125. The molecule has 0 atom stereocenters. The summed E-state index contributed by atoms with van der Waals surface area (Å²) < 4.78 is 5.02. The number of carbonyl (C=O) groups excluding carboxylic acids is 3. The van der Waals surface area contributed by atoms with Gasteiger partial charge in [-0.25, -0.2) is 4.79 Å². The van der Waals surface area contributed by atoms with Crippen molar-refractivity contribution in [3.8, 4) is 12.3 Å². The van der Waals surface area contributed by atoms with E-state index in [-0.39, 0.29) is 5.91 Å². The molecule has 134 valence electrons. The Bertz CT molecular complexity index is 655. The third-order valence-corrected chi connectivity index (χ3v) is 3.93. The molecule has 2 amide bonds. The summed E-state index contributed by atoms with van der Waals surface area (Å²) in [5, 5.41) is 5.39. The molecule has 25 heavy (non-hydrogen) atoms. The lowest BCUT2D eigenvalue weighted by Gasteiger charge is -2.26. The van der Waals surface area contributed by atoms with Gasteiger partial charge in [-0.3, -0.25) is 9.59 Å². The minimum absolute atomic E-state index is 0.128. The standard InChI is InChI=1S/C19H24N2O4/c1-5-19(6-2,7-3)21-17(23)13-25-18(24)16-10-8-15(9-11-16)12-20-14(4)22/h1,8-11H,6-7,12-13H2,2-4H3,(H,20,22)(H,21,23). The third kappa shape index (κ3) is 6.30. The zero-order chi connectivity index (χ0) is 18.9. The van der Waals surface area contributed by atoms with Crippen LogP contribution in [0, 0.1) is 12.3 Å². The van der Waals surface area contributed by atoms with Gasteiger partial charge in [0.1, 0.15) is 5.54 Å². The molecule has 0 aromatic heterocycles. The van der Waals surface area contributed by atoms with Crippen molar-refractivity contribution in [2.45, 2.75) is 45.7 Å². The van der Waals surface area contributed by atoms with Crippen molar-refractivity contribution in [2.75, 3.05) is 6.61 Å². The van der Waals surface area contributed by atoms with Crippen molar-refractivity contribution in [3.63, 3.8) is 0 Å². The Kier molecular flexibility index (Phi) is 7.67. The van der Waals surface area contributed by atoms with Crippen molar-refractivity contribution in [1.29, 1.82) is 0 Å². The van der Waals surface area contributed by atoms with Crippen LogP contribution in [0.15, 0.2) is 24.3 Å². The predicted octanol–water partition coefficient (Wildman–Crippen LogP) is 1.79. The number of terminal acetylenes is 1. The summed E-state index contributed by atoms with van der Waals surface area (Å²) >= 11 is 0. The molecule has 0 bridgehead atoms. The monoisotopic (exact) mass is 344 g/mol. The molecule has 0 radical (unpaired) electrons. The van der Waals surface area contributed by atoms with E-state index in [4.69, 9.17) is 11.2 Å². The number of hydrogen-bond acceptors (Lipinski definition) is 4. The summed E-state index contributed by atoms with van der Waals surface area (Å²) in [5.41, 5.74) is 0.470. The van der Waals surface area contributed by atoms with Gasteiger partial charge < -0.3 is 15.4 Å². The first-order chi connectivity index (χ1) is 11.9. The highest BCUT2D eigenvalue weighted by molar-refractivity contribution is 5.91. The first-order valence-electron chi connectivity index (χ1n) is 8.15. The number of esters is 1. The number of amides is 2. The van der Waals surface area contributed by atoms with E-state index >= 15 is 0 Å². The quantitative estimate of drug-likeness (QED) is 0.556.